The normalized spacial score (nSPS) is 9.83. The second kappa shape index (κ2) is 7.70. The lowest BCUT2D eigenvalue weighted by molar-refractivity contribution is 0.0700. The van der Waals surface area contributed by atoms with Crippen LogP contribution in [0.5, 0.6) is 0 Å². The van der Waals surface area contributed by atoms with Crippen molar-refractivity contribution < 1.29 is 9.53 Å². The molecule has 96 valence electrons. The Bertz CT molecular complexity index is 443. The molecule has 5 heteroatoms. The van der Waals surface area contributed by atoms with Crippen molar-refractivity contribution in [2.75, 3.05) is 26.8 Å². The summed E-state index contributed by atoms with van der Waals surface area (Å²) in [7, 11) is 1.57. The molecule has 0 spiro atoms. The number of hydrogen-bond acceptors (Lipinski definition) is 3. The van der Waals surface area contributed by atoms with Crippen LogP contribution in [0.15, 0.2) is 24.3 Å². The SMILES string of the molecule is COCCN(CCC#N)C(=O)c1ccccc1Cl. The van der Waals surface area contributed by atoms with Gasteiger partial charge in [0.15, 0.2) is 0 Å². The fourth-order valence-corrected chi connectivity index (χ4v) is 1.72. The van der Waals surface area contributed by atoms with E-state index in [1.54, 1.807) is 36.3 Å². The largest absolute Gasteiger partial charge is 0.383 e. The molecule has 18 heavy (non-hydrogen) atoms. The van der Waals surface area contributed by atoms with Crippen molar-refractivity contribution in [3.63, 3.8) is 0 Å². The number of nitriles is 1. The van der Waals surface area contributed by atoms with Gasteiger partial charge in [0.2, 0.25) is 0 Å². The maximum absolute atomic E-state index is 12.3. The Hall–Kier alpha value is -1.57. The van der Waals surface area contributed by atoms with E-state index >= 15 is 0 Å². The molecule has 0 aromatic heterocycles. The van der Waals surface area contributed by atoms with E-state index in [0.717, 1.165) is 0 Å². The lowest BCUT2D eigenvalue weighted by Crippen LogP contribution is -2.34. The first kappa shape index (κ1) is 14.5. The van der Waals surface area contributed by atoms with Crippen molar-refractivity contribution in [2.45, 2.75) is 6.42 Å². The predicted octanol–water partition coefficient (Wildman–Crippen LogP) is 2.34. The highest BCUT2D eigenvalue weighted by atomic mass is 35.5. The average molecular weight is 267 g/mol. The molecule has 0 saturated heterocycles. The number of carbonyl (C=O) groups excluding carboxylic acids is 1. The molecule has 0 fully saturated rings. The van der Waals surface area contributed by atoms with Gasteiger partial charge in [0.25, 0.3) is 5.91 Å². The first-order chi connectivity index (χ1) is 8.70. The fourth-order valence-electron chi connectivity index (χ4n) is 1.51. The van der Waals surface area contributed by atoms with Crippen LogP contribution in [0, 0.1) is 11.3 Å². The highest BCUT2D eigenvalue weighted by Crippen LogP contribution is 2.17. The summed E-state index contributed by atoms with van der Waals surface area (Å²) in [6.07, 6.45) is 0.292. The molecule has 1 aromatic rings. The standard InChI is InChI=1S/C13H15ClN2O2/c1-18-10-9-16(8-4-7-15)13(17)11-5-2-3-6-12(11)14/h2-3,5-6H,4,8-10H2,1H3. The second-order valence-corrected chi connectivity index (χ2v) is 4.08. The number of methoxy groups -OCH3 is 1. The van der Waals surface area contributed by atoms with Gasteiger partial charge in [0.1, 0.15) is 0 Å². The van der Waals surface area contributed by atoms with Gasteiger partial charge in [0.05, 0.1) is 29.7 Å². The second-order valence-electron chi connectivity index (χ2n) is 3.67. The van der Waals surface area contributed by atoms with Crippen molar-refractivity contribution in [3.05, 3.63) is 34.9 Å². The third kappa shape index (κ3) is 4.02. The lowest BCUT2D eigenvalue weighted by atomic mass is 10.2. The van der Waals surface area contributed by atoms with Gasteiger partial charge < -0.3 is 9.64 Å². The molecule has 0 aliphatic heterocycles. The Balaban J connectivity index is 2.81. The maximum Gasteiger partial charge on any atom is 0.255 e. The molecular weight excluding hydrogens is 252 g/mol. The van der Waals surface area contributed by atoms with Gasteiger partial charge in [-0.3, -0.25) is 4.79 Å². The van der Waals surface area contributed by atoms with E-state index in [9.17, 15) is 4.79 Å². The Morgan fingerprint density at radius 2 is 2.17 bits per heavy atom. The van der Waals surface area contributed by atoms with E-state index in [1.807, 2.05) is 6.07 Å². The van der Waals surface area contributed by atoms with Crippen LogP contribution < -0.4 is 0 Å². The van der Waals surface area contributed by atoms with Crippen LogP contribution in [0.3, 0.4) is 0 Å². The zero-order chi connectivity index (χ0) is 13.4. The minimum Gasteiger partial charge on any atom is -0.383 e. The molecule has 0 aliphatic rings. The van der Waals surface area contributed by atoms with Gasteiger partial charge in [-0.25, -0.2) is 0 Å². The van der Waals surface area contributed by atoms with Crippen LogP contribution in [-0.2, 0) is 4.74 Å². The fraction of sp³-hybridized carbons (Fsp3) is 0.385. The summed E-state index contributed by atoms with van der Waals surface area (Å²) in [5.74, 6) is -0.173. The van der Waals surface area contributed by atoms with Crippen molar-refractivity contribution in [2.24, 2.45) is 0 Å². The molecular formula is C13H15ClN2O2. The number of rotatable bonds is 6. The van der Waals surface area contributed by atoms with Gasteiger partial charge >= 0.3 is 0 Å². The Kier molecular flexibility index (Phi) is 6.20. The molecule has 0 atom stereocenters. The first-order valence-electron chi connectivity index (χ1n) is 5.60. The summed E-state index contributed by atoms with van der Waals surface area (Å²) >= 11 is 5.99. The van der Waals surface area contributed by atoms with E-state index in [4.69, 9.17) is 21.6 Å². The third-order valence-electron chi connectivity index (χ3n) is 2.45. The lowest BCUT2D eigenvalue weighted by Gasteiger charge is -2.21. The molecule has 0 aliphatic carbocycles. The molecule has 0 heterocycles. The average Bonchev–Trinajstić information content (AvgIpc) is 2.39. The Morgan fingerprint density at radius 3 is 2.78 bits per heavy atom. The van der Waals surface area contributed by atoms with Crippen LogP contribution in [-0.4, -0.2) is 37.6 Å². The Labute approximate surface area is 112 Å². The van der Waals surface area contributed by atoms with Crippen LogP contribution in [0.1, 0.15) is 16.8 Å². The molecule has 4 nitrogen and oxygen atoms in total. The number of ether oxygens (including phenoxy) is 1. The van der Waals surface area contributed by atoms with Gasteiger partial charge in [-0.1, -0.05) is 23.7 Å². The van der Waals surface area contributed by atoms with E-state index in [-0.39, 0.29) is 5.91 Å². The summed E-state index contributed by atoms with van der Waals surface area (Å²) < 4.78 is 4.96. The van der Waals surface area contributed by atoms with E-state index in [2.05, 4.69) is 0 Å². The number of nitrogens with zero attached hydrogens (tertiary/aromatic N) is 2. The van der Waals surface area contributed by atoms with Crippen LogP contribution in [0.2, 0.25) is 5.02 Å². The van der Waals surface area contributed by atoms with Crippen molar-refractivity contribution in [1.82, 2.24) is 4.90 Å². The van der Waals surface area contributed by atoms with E-state index < -0.39 is 0 Å². The summed E-state index contributed by atoms with van der Waals surface area (Å²) in [6.45, 7) is 1.26. The third-order valence-corrected chi connectivity index (χ3v) is 2.78. The van der Waals surface area contributed by atoms with E-state index in [1.165, 1.54) is 0 Å². The highest BCUT2D eigenvalue weighted by Gasteiger charge is 2.17. The number of amides is 1. The molecule has 1 aromatic carbocycles. The summed E-state index contributed by atoms with van der Waals surface area (Å²) in [5.41, 5.74) is 0.452. The molecule has 0 radical (unpaired) electrons. The zero-order valence-corrected chi connectivity index (χ0v) is 11.0. The van der Waals surface area contributed by atoms with Crippen molar-refractivity contribution in [3.8, 4) is 6.07 Å². The van der Waals surface area contributed by atoms with Crippen LogP contribution >= 0.6 is 11.6 Å². The minimum absolute atomic E-state index is 0.173. The molecule has 0 N–H and O–H groups in total. The molecule has 0 saturated carbocycles. The van der Waals surface area contributed by atoms with Gasteiger partial charge in [0, 0.05) is 20.2 Å². The minimum atomic E-state index is -0.173. The smallest absolute Gasteiger partial charge is 0.255 e. The number of hydrogen-bond donors (Lipinski definition) is 0. The quantitative estimate of drug-likeness (QED) is 0.794. The molecule has 0 bridgehead atoms. The highest BCUT2D eigenvalue weighted by molar-refractivity contribution is 6.33. The van der Waals surface area contributed by atoms with E-state index in [0.29, 0.717) is 36.7 Å². The monoisotopic (exact) mass is 266 g/mol. The van der Waals surface area contributed by atoms with Crippen LogP contribution in [0.4, 0.5) is 0 Å². The number of benzene rings is 1. The maximum atomic E-state index is 12.3. The molecule has 1 amide bonds. The number of halogens is 1. The predicted molar refractivity (Wildman–Crippen MR) is 69.5 cm³/mol. The van der Waals surface area contributed by atoms with Crippen molar-refractivity contribution in [1.29, 1.82) is 5.26 Å². The van der Waals surface area contributed by atoms with Gasteiger partial charge in [-0.15, -0.1) is 0 Å². The van der Waals surface area contributed by atoms with Crippen LogP contribution in [0.25, 0.3) is 0 Å². The summed E-state index contributed by atoms with van der Waals surface area (Å²) in [5, 5.41) is 9.02. The zero-order valence-electron chi connectivity index (χ0n) is 10.2. The van der Waals surface area contributed by atoms with Crippen molar-refractivity contribution >= 4 is 17.5 Å². The number of carbonyl (C=O) groups is 1. The first-order valence-corrected chi connectivity index (χ1v) is 5.98. The van der Waals surface area contributed by atoms with Gasteiger partial charge in [-0.05, 0) is 12.1 Å². The molecule has 1 rings (SSSR count). The molecule has 0 unspecified atom stereocenters. The topological polar surface area (TPSA) is 53.3 Å². The Morgan fingerprint density at radius 1 is 1.44 bits per heavy atom. The summed E-state index contributed by atoms with van der Waals surface area (Å²) in [6, 6.07) is 8.91. The summed E-state index contributed by atoms with van der Waals surface area (Å²) in [4.78, 5) is 13.8. The van der Waals surface area contributed by atoms with Gasteiger partial charge in [-0.2, -0.15) is 5.26 Å².